The Morgan fingerprint density at radius 3 is 2.52 bits per heavy atom. The smallest absolute Gasteiger partial charge is 0.277 e. The summed E-state index contributed by atoms with van der Waals surface area (Å²) in [6.45, 7) is 1.48. The van der Waals surface area contributed by atoms with Gasteiger partial charge in [0.05, 0.1) is 23.0 Å². The minimum atomic E-state index is -4.32. The number of fused-ring (bicyclic) bond motifs is 1. The molecule has 0 bridgehead atoms. The summed E-state index contributed by atoms with van der Waals surface area (Å²) < 4.78 is 25.2. The van der Waals surface area contributed by atoms with Gasteiger partial charge >= 0.3 is 0 Å². The van der Waals surface area contributed by atoms with Crippen LogP contribution >= 0.6 is 0 Å². The molecule has 0 atom stereocenters. The zero-order valence-corrected chi connectivity index (χ0v) is 11.6. The molecule has 108 valence electrons. The third-order valence-corrected chi connectivity index (χ3v) is 4.99. The van der Waals surface area contributed by atoms with E-state index in [1.54, 1.807) is 0 Å². The highest BCUT2D eigenvalue weighted by Gasteiger charge is 2.45. The molecule has 2 aromatic rings. The zero-order valence-electron chi connectivity index (χ0n) is 10.8. The molecule has 3 rings (SSSR count). The number of carbonyl (C=O) groups excluding carboxylic acids is 2. The Hall–Kier alpha value is -2.68. The lowest BCUT2D eigenvalue weighted by Crippen LogP contribution is -2.36. The van der Waals surface area contributed by atoms with Crippen LogP contribution in [-0.2, 0) is 10.0 Å². The van der Waals surface area contributed by atoms with Gasteiger partial charge in [-0.25, -0.2) is 8.42 Å². The summed E-state index contributed by atoms with van der Waals surface area (Å²) in [5, 5.41) is 6.06. The number of anilines is 1. The van der Waals surface area contributed by atoms with Gasteiger partial charge in [0, 0.05) is 5.69 Å². The number of nitrogens with two attached hydrogens (primary N) is 1. The van der Waals surface area contributed by atoms with Crippen LogP contribution in [0, 0.1) is 6.92 Å². The Bertz CT molecular complexity index is 884. The molecule has 9 heteroatoms. The Kier molecular flexibility index (Phi) is 2.63. The van der Waals surface area contributed by atoms with Crippen LogP contribution < -0.4 is 5.73 Å². The predicted molar refractivity (Wildman–Crippen MR) is 71.9 cm³/mol. The maximum atomic E-state index is 12.5. The summed E-state index contributed by atoms with van der Waals surface area (Å²) in [6, 6.07) is 4.28. The summed E-state index contributed by atoms with van der Waals surface area (Å²) in [7, 11) is -4.32. The third kappa shape index (κ3) is 1.67. The lowest BCUT2D eigenvalue weighted by molar-refractivity contribution is 0.0766. The first-order chi connectivity index (χ1) is 9.85. The Balaban J connectivity index is 2.19. The average molecular weight is 306 g/mol. The molecule has 0 aliphatic carbocycles. The molecule has 1 aromatic heterocycles. The van der Waals surface area contributed by atoms with Crippen LogP contribution in [-0.4, -0.2) is 34.7 Å². The molecule has 0 saturated heterocycles. The number of aromatic amines is 1. The first-order valence-electron chi connectivity index (χ1n) is 5.88. The van der Waals surface area contributed by atoms with Gasteiger partial charge in [-0.05, 0) is 19.1 Å². The highest BCUT2D eigenvalue weighted by molar-refractivity contribution is 7.90. The standard InChI is InChI=1S/C12H10N4O4S/c1-6-9(5-14-15-6)21(19,20)16-11(17)7-3-2-4-8(13)10(7)12(16)18/h2-5H,13H2,1H3,(H,14,15). The Morgan fingerprint density at radius 2 is 1.95 bits per heavy atom. The monoisotopic (exact) mass is 306 g/mol. The first-order valence-corrected chi connectivity index (χ1v) is 7.32. The van der Waals surface area contributed by atoms with Crippen LogP contribution in [0.3, 0.4) is 0 Å². The quantitative estimate of drug-likeness (QED) is 0.606. The van der Waals surface area contributed by atoms with E-state index in [-0.39, 0.29) is 31.7 Å². The molecule has 21 heavy (non-hydrogen) atoms. The normalized spacial score (nSPS) is 14.6. The first kappa shape index (κ1) is 13.3. The maximum Gasteiger partial charge on any atom is 0.277 e. The number of nitrogens with zero attached hydrogens (tertiary/aromatic N) is 2. The number of aryl methyl sites for hydroxylation is 1. The largest absolute Gasteiger partial charge is 0.398 e. The highest BCUT2D eigenvalue weighted by atomic mass is 32.2. The van der Waals surface area contributed by atoms with E-state index in [1.165, 1.54) is 25.1 Å². The van der Waals surface area contributed by atoms with Gasteiger partial charge in [0.2, 0.25) is 0 Å². The zero-order chi connectivity index (χ0) is 15.4. The summed E-state index contributed by atoms with van der Waals surface area (Å²) in [5.41, 5.74) is 5.85. The number of hydrogen-bond donors (Lipinski definition) is 2. The lowest BCUT2D eigenvalue weighted by atomic mass is 10.1. The van der Waals surface area contributed by atoms with E-state index in [1.807, 2.05) is 0 Å². The molecule has 0 radical (unpaired) electrons. The van der Waals surface area contributed by atoms with E-state index in [2.05, 4.69) is 10.2 Å². The fraction of sp³-hybridized carbons (Fsp3) is 0.0833. The van der Waals surface area contributed by atoms with Gasteiger partial charge in [0.25, 0.3) is 21.8 Å². The van der Waals surface area contributed by atoms with Crippen molar-refractivity contribution in [1.82, 2.24) is 14.5 Å². The minimum Gasteiger partial charge on any atom is -0.398 e. The average Bonchev–Trinajstić information content (AvgIpc) is 2.94. The van der Waals surface area contributed by atoms with E-state index < -0.39 is 21.8 Å². The van der Waals surface area contributed by atoms with Crippen molar-refractivity contribution in [2.45, 2.75) is 11.8 Å². The molecule has 0 spiro atoms. The van der Waals surface area contributed by atoms with E-state index in [9.17, 15) is 18.0 Å². The Labute approximate surface area is 119 Å². The summed E-state index contributed by atoms with van der Waals surface area (Å²) >= 11 is 0. The van der Waals surface area contributed by atoms with Crippen molar-refractivity contribution in [3.05, 3.63) is 41.2 Å². The molecule has 2 amide bonds. The number of sulfonamides is 1. The van der Waals surface area contributed by atoms with E-state index in [0.717, 1.165) is 6.20 Å². The summed E-state index contributed by atoms with van der Waals surface area (Å²) in [6.07, 6.45) is 1.05. The van der Waals surface area contributed by atoms with Crippen molar-refractivity contribution in [3.8, 4) is 0 Å². The molecule has 0 saturated carbocycles. The molecule has 1 aliphatic heterocycles. The molecule has 0 unspecified atom stereocenters. The van der Waals surface area contributed by atoms with Crippen molar-refractivity contribution < 1.29 is 18.0 Å². The molecule has 0 fully saturated rings. The van der Waals surface area contributed by atoms with Gasteiger partial charge in [-0.1, -0.05) is 6.07 Å². The van der Waals surface area contributed by atoms with E-state index >= 15 is 0 Å². The van der Waals surface area contributed by atoms with E-state index in [4.69, 9.17) is 5.73 Å². The summed E-state index contributed by atoms with van der Waals surface area (Å²) in [5.74, 6) is -1.86. The number of hydrogen-bond acceptors (Lipinski definition) is 6. The molecule has 1 aliphatic rings. The maximum absolute atomic E-state index is 12.5. The number of benzene rings is 1. The Morgan fingerprint density at radius 1 is 1.24 bits per heavy atom. The van der Waals surface area contributed by atoms with Crippen LogP contribution in [0.15, 0.2) is 29.3 Å². The van der Waals surface area contributed by atoms with Crippen LogP contribution in [0.5, 0.6) is 0 Å². The van der Waals surface area contributed by atoms with E-state index in [0.29, 0.717) is 0 Å². The number of nitrogen functional groups attached to an aromatic ring is 1. The molecule has 1 aromatic carbocycles. The van der Waals surface area contributed by atoms with Crippen molar-refractivity contribution in [1.29, 1.82) is 0 Å². The van der Waals surface area contributed by atoms with Gasteiger partial charge in [0.1, 0.15) is 4.90 Å². The van der Waals surface area contributed by atoms with Gasteiger partial charge in [-0.2, -0.15) is 9.40 Å². The van der Waals surface area contributed by atoms with Crippen molar-refractivity contribution >= 4 is 27.5 Å². The van der Waals surface area contributed by atoms with Crippen molar-refractivity contribution in [2.75, 3.05) is 5.73 Å². The van der Waals surface area contributed by atoms with Crippen molar-refractivity contribution in [3.63, 3.8) is 0 Å². The van der Waals surface area contributed by atoms with Crippen LogP contribution in [0.4, 0.5) is 5.69 Å². The van der Waals surface area contributed by atoms with Gasteiger partial charge < -0.3 is 5.73 Å². The van der Waals surface area contributed by atoms with Crippen LogP contribution in [0.1, 0.15) is 26.4 Å². The third-order valence-electron chi connectivity index (χ3n) is 3.21. The number of aromatic nitrogens is 2. The van der Waals surface area contributed by atoms with Crippen LogP contribution in [0.2, 0.25) is 0 Å². The van der Waals surface area contributed by atoms with Crippen LogP contribution in [0.25, 0.3) is 0 Å². The second-order valence-electron chi connectivity index (χ2n) is 4.51. The molecular weight excluding hydrogens is 296 g/mol. The topological polar surface area (TPSA) is 126 Å². The number of H-pyrrole nitrogens is 1. The SMILES string of the molecule is Cc1[nH]ncc1S(=O)(=O)N1C(=O)c2cccc(N)c2C1=O. The molecule has 8 nitrogen and oxygen atoms in total. The number of imide groups is 1. The highest BCUT2D eigenvalue weighted by Crippen LogP contribution is 2.32. The molecule has 3 N–H and O–H groups in total. The second-order valence-corrected chi connectivity index (χ2v) is 6.26. The summed E-state index contributed by atoms with van der Waals surface area (Å²) in [4.78, 5) is 24.3. The van der Waals surface area contributed by atoms with Gasteiger partial charge in [-0.3, -0.25) is 14.7 Å². The molecule has 2 heterocycles. The van der Waals surface area contributed by atoms with Gasteiger partial charge in [0.15, 0.2) is 0 Å². The lowest BCUT2D eigenvalue weighted by Gasteiger charge is -2.13. The minimum absolute atomic E-state index is 0.0234. The fourth-order valence-electron chi connectivity index (χ4n) is 2.21. The van der Waals surface area contributed by atoms with Crippen molar-refractivity contribution in [2.24, 2.45) is 0 Å². The fourth-order valence-corrected chi connectivity index (χ4v) is 3.65. The predicted octanol–water partition coefficient (Wildman–Crippen LogP) is 0.285. The number of amides is 2. The number of nitrogens with one attached hydrogen (secondary N) is 1. The number of carbonyl (C=O) groups is 2. The number of rotatable bonds is 2. The molecular formula is C12H10N4O4S. The second kappa shape index (κ2) is 4.16. The van der Waals surface area contributed by atoms with Gasteiger partial charge in [-0.15, -0.1) is 0 Å².